The molecule has 0 radical (unpaired) electrons. The molecule has 5 heterocycles. The summed E-state index contributed by atoms with van der Waals surface area (Å²) in [4.78, 5) is 25.0. The van der Waals surface area contributed by atoms with E-state index >= 15 is 8.78 Å². The van der Waals surface area contributed by atoms with Gasteiger partial charge in [0.25, 0.3) is 0 Å². The maximum Gasteiger partial charge on any atom is 0.355 e. The van der Waals surface area contributed by atoms with Gasteiger partial charge in [0.15, 0.2) is 17.2 Å². The predicted molar refractivity (Wildman–Crippen MR) is 139 cm³/mol. The Morgan fingerprint density at radius 1 is 1.22 bits per heavy atom. The second kappa shape index (κ2) is 8.37. The molecule has 37 heavy (non-hydrogen) atoms. The van der Waals surface area contributed by atoms with E-state index in [1.165, 1.54) is 22.6 Å². The van der Waals surface area contributed by atoms with Gasteiger partial charge in [-0.05, 0) is 44.0 Å². The zero-order chi connectivity index (χ0) is 26.1. The molecule has 192 valence electrons. The molecule has 6 rings (SSSR count). The van der Waals surface area contributed by atoms with Crippen molar-refractivity contribution in [3.63, 3.8) is 0 Å². The van der Waals surface area contributed by atoms with Crippen LogP contribution >= 0.6 is 0 Å². The number of nitrogens with zero attached hydrogens (tertiary/aromatic N) is 4. The highest BCUT2D eigenvalue weighted by molar-refractivity contribution is 5.97. The maximum atomic E-state index is 15.8. The summed E-state index contributed by atoms with van der Waals surface area (Å²) in [5, 5.41) is 6.97. The summed E-state index contributed by atoms with van der Waals surface area (Å²) in [6, 6.07) is 5.65. The average molecular weight is 507 g/mol. The maximum absolute atomic E-state index is 15.8. The summed E-state index contributed by atoms with van der Waals surface area (Å²) in [6.45, 7) is 10.0. The van der Waals surface area contributed by atoms with E-state index in [1.807, 2.05) is 32.6 Å². The highest BCUT2D eigenvalue weighted by Crippen LogP contribution is 2.37. The molecular formula is C27H28F2N6O2. The van der Waals surface area contributed by atoms with Crippen molar-refractivity contribution in [1.82, 2.24) is 25.0 Å². The molecule has 0 spiro atoms. The van der Waals surface area contributed by atoms with Crippen molar-refractivity contribution in [2.24, 2.45) is 5.92 Å². The molecule has 2 aliphatic heterocycles. The number of benzene rings is 1. The summed E-state index contributed by atoms with van der Waals surface area (Å²) < 4.78 is 38.7. The molecule has 8 nitrogen and oxygen atoms in total. The molecule has 2 atom stereocenters. The Hall–Kier alpha value is -3.79. The number of nitrogens with one attached hydrogen (secondary N) is 2. The van der Waals surface area contributed by atoms with Crippen molar-refractivity contribution in [3.05, 3.63) is 64.0 Å². The summed E-state index contributed by atoms with van der Waals surface area (Å²) in [5.74, 6) is -0.701. The highest BCUT2D eigenvalue weighted by Gasteiger charge is 2.38. The van der Waals surface area contributed by atoms with E-state index in [4.69, 9.17) is 4.42 Å². The van der Waals surface area contributed by atoms with Gasteiger partial charge in [-0.3, -0.25) is 0 Å². The van der Waals surface area contributed by atoms with Crippen molar-refractivity contribution in [3.8, 4) is 0 Å². The van der Waals surface area contributed by atoms with Gasteiger partial charge in [0.1, 0.15) is 22.7 Å². The summed E-state index contributed by atoms with van der Waals surface area (Å²) in [5.41, 5.74) is -0.767. The monoisotopic (exact) mass is 506 g/mol. The average Bonchev–Trinajstić information content (AvgIpc) is 2.91. The molecule has 1 aromatic carbocycles. The largest absolute Gasteiger partial charge is 0.455 e. The number of fused-ring (bicyclic) bond motifs is 5. The van der Waals surface area contributed by atoms with Gasteiger partial charge in [-0.2, -0.15) is 4.98 Å². The quantitative estimate of drug-likeness (QED) is 0.424. The van der Waals surface area contributed by atoms with E-state index in [1.54, 1.807) is 18.3 Å². The van der Waals surface area contributed by atoms with Gasteiger partial charge in [-0.1, -0.05) is 19.9 Å². The van der Waals surface area contributed by atoms with Crippen LogP contribution in [0.3, 0.4) is 0 Å². The topological polar surface area (TPSA) is 87.7 Å². The molecule has 1 fully saturated rings. The van der Waals surface area contributed by atoms with Crippen LogP contribution in [-0.4, -0.2) is 40.0 Å². The SMILES string of the molecule is CC(C)C1(C)NC=Cc2oc3cccc(F)c3c3nc4c(cc3F)c(N3CCNC[C@@H]3C)nc(=O)n4c21. The fraction of sp³-hybridized carbons (Fsp3) is 0.370. The van der Waals surface area contributed by atoms with Crippen LogP contribution in [0.5, 0.6) is 0 Å². The lowest BCUT2D eigenvalue weighted by Crippen LogP contribution is -2.51. The zero-order valence-corrected chi connectivity index (χ0v) is 21.1. The fourth-order valence-electron chi connectivity index (χ4n) is 5.35. The molecule has 2 aliphatic rings. The number of hydrogen-bond donors (Lipinski definition) is 2. The molecule has 10 heteroatoms. The molecule has 1 unspecified atom stereocenters. The van der Waals surface area contributed by atoms with Gasteiger partial charge in [0, 0.05) is 31.9 Å². The lowest BCUT2D eigenvalue weighted by atomic mass is 9.82. The zero-order valence-electron chi connectivity index (χ0n) is 21.1. The van der Waals surface area contributed by atoms with Crippen molar-refractivity contribution < 1.29 is 13.2 Å². The summed E-state index contributed by atoms with van der Waals surface area (Å²) >= 11 is 0. The minimum Gasteiger partial charge on any atom is -0.455 e. The first kappa shape index (κ1) is 23.6. The number of hydrogen-bond acceptors (Lipinski definition) is 7. The Balaban J connectivity index is 1.91. The molecular weight excluding hydrogens is 478 g/mol. The summed E-state index contributed by atoms with van der Waals surface area (Å²) in [7, 11) is 0. The van der Waals surface area contributed by atoms with E-state index in [2.05, 4.69) is 20.6 Å². The van der Waals surface area contributed by atoms with Crippen LogP contribution in [0.25, 0.3) is 33.6 Å². The molecule has 2 bridgehead atoms. The van der Waals surface area contributed by atoms with E-state index < -0.39 is 22.9 Å². The van der Waals surface area contributed by atoms with Gasteiger partial charge in [-0.15, -0.1) is 0 Å². The first-order valence-corrected chi connectivity index (χ1v) is 12.5. The first-order valence-electron chi connectivity index (χ1n) is 12.5. The number of pyridine rings is 1. The van der Waals surface area contributed by atoms with Crippen molar-refractivity contribution in [1.29, 1.82) is 0 Å². The number of rotatable bonds is 2. The standard InChI is InChI=1S/C27H28F2N6O2/c1-14(2)27(4)23-20(8-9-31-27)37-19-7-5-6-17(28)21(19)22-18(29)12-16-24(34-11-10-30-13-15(34)3)33-26(36)35(23)25(16)32-22/h5-9,12,14-15,30-31H,10-11,13H2,1-4H3/t15-,27?/m0/s1. The van der Waals surface area contributed by atoms with Crippen LogP contribution in [0.2, 0.25) is 0 Å². The van der Waals surface area contributed by atoms with Crippen LogP contribution in [-0.2, 0) is 5.54 Å². The molecule has 4 aromatic rings. The van der Waals surface area contributed by atoms with E-state index in [9.17, 15) is 4.79 Å². The van der Waals surface area contributed by atoms with Gasteiger partial charge in [0.2, 0.25) is 0 Å². The third-order valence-corrected chi connectivity index (χ3v) is 7.73. The van der Waals surface area contributed by atoms with E-state index in [-0.39, 0.29) is 34.1 Å². The van der Waals surface area contributed by atoms with Crippen LogP contribution in [0.1, 0.15) is 39.1 Å². The van der Waals surface area contributed by atoms with Crippen LogP contribution in [0.4, 0.5) is 14.6 Å². The Labute approximate surface area is 211 Å². The Morgan fingerprint density at radius 3 is 2.78 bits per heavy atom. The predicted octanol–water partition coefficient (Wildman–Crippen LogP) is 4.07. The number of anilines is 1. The van der Waals surface area contributed by atoms with Gasteiger partial charge < -0.3 is 20.0 Å². The van der Waals surface area contributed by atoms with Gasteiger partial charge in [0.05, 0.1) is 22.0 Å². The summed E-state index contributed by atoms with van der Waals surface area (Å²) in [6.07, 6.45) is 3.43. The molecule has 0 amide bonds. The Kier molecular flexibility index (Phi) is 5.34. The molecule has 2 N–H and O–H groups in total. The smallest absolute Gasteiger partial charge is 0.355 e. The molecule has 1 saturated heterocycles. The van der Waals surface area contributed by atoms with Crippen molar-refractivity contribution >= 4 is 39.4 Å². The Morgan fingerprint density at radius 2 is 2.03 bits per heavy atom. The van der Waals surface area contributed by atoms with Crippen molar-refractivity contribution in [2.45, 2.75) is 39.3 Å². The molecule has 3 aromatic heterocycles. The van der Waals surface area contributed by atoms with E-state index in [0.717, 1.165) is 0 Å². The minimum absolute atomic E-state index is 0.00600. The normalized spacial score (nSPS) is 21.6. The molecule has 0 aliphatic carbocycles. The van der Waals surface area contributed by atoms with Gasteiger partial charge in [-0.25, -0.2) is 23.0 Å². The van der Waals surface area contributed by atoms with Crippen LogP contribution < -0.4 is 21.2 Å². The number of aromatic nitrogens is 3. The third kappa shape index (κ3) is 3.46. The van der Waals surface area contributed by atoms with Crippen LogP contribution in [0, 0.1) is 17.6 Å². The van der Waals surface area contributed by atoms with E-state index in [0.29, 0.717) is 42.3 Å². The minimum atomic E-state index is -0.777. The first-order chi connectivity index (χ1) is 17.7. The fourth-order valence-corrected chi connectivity index (χ4v) is 5.35. The third-order valence-electron chi connectivity index (χ3n) is 7.73. The lowest BCUT2D eigenvalue weighted by Gasteiger charge is -2.38. The van der Waals surface area contributed by atoms with Crippen LogP contribution in [0.15, 0.2) is 39.7 Å². The number of halogens is 2. The van der Waals surface area contributed by atoms with Gasteiger partial charge >= 0.3 is 5.69 Å². The lowest BCUT2D eigenvalue weighted by molar-refractivity contribution is 0.276. The van der Waals surface area contributed by atoms with Crippen molar-refractivity contribution in [2.75, 3.05) is 24.5 Å². The Bertz CT molecular complexity index is 1690. The second-order valence-corrected chi connectivity index (χ2v) is 10.3. The molecule has 0 saturated carbocycles. The number of piperazine rings is 1. The highest BCUT2D eigenvalue weighted by atomic mass is 19.1. The second-order valence-electron chi connectivity index (χ2n) is 10.3.